The van der Waals surface area contributed by atoms with Gasteiger partial charge in [0.05, 0.1) is 6.04 Å². The molecule has 1 aliphatic rings. The Morgan fingerprint density at radius 3 is 2.69 bits per heavy atom. The standard InChI is InChI=1S/C28H31BrN2O3S/c1-4-20(3)31(28(33)21-6-5-7-22(29)16-21)17-27(32)30-14-12-26-24(13-15-35-26)25(30)18-34-23-10-8-19(2)9-11-23/h5-11,13,15-16,20,25H,4,12,14,17-18H2,1-3H3/t20-,25+/m1/s1. The van der Waals surface area contributed by atoms with Crippen molar-refractivity contribution in [1.82, 2.24) is 9.80 Å². The van der Waals surface area contributed by atoms with Crippen LogP contribution in [0.5, 0.6) is 5.75 Å². The number of ether oxygens (including phenoxy) is 1. The number of benzene rings is 2. The van der Waals surface area contributed by atoms with E-state index in [2.05, 4.69) is 27.4 Å². The molecule has 0 bridgehead atoms. The number of fused-ring (bicyclic) bond motifs is 1. The molecule has 7 heteroatoms. The van der Waals surface area contributed by atoms with Crippen molar-refractivity contribution >= 4 is 39.1 Å². The normalized spacial score (nSPS) is 15.9. The third-order valence-corrected chi connectivity index (χ3v) is 8.09. The minimum Gasteiger partial charge on any atom is -0.491 e. The summed E-state index contributed by atoms with van der Waals surface area (Å²) >= 11 is 5.18. The zero-order valence-electron chi connectivity index (χ0n) is 20.4. The zero-order valence-corrected chi connectivity index (χ0v) is 22.8. The number of hydrogen-bond acceptors (Lipinski definition) is 4. The number of amides is 2. The molecule has 2 heterocycles. The van der Waals surface area contributed by atoms with Crippen molar-refractivity contribution < 1.29 is 14.3 Å². The maximum absolute atomic E-state index is 13.7. The highest BCUT2D eigenvalue weighted by Gasteiger charge is 2.34. The zero-order chi connectivity index (χ0) is 24.9. The molecule has 3 aromatic rings. The molecule has 4 rings (SSSR count). The third-order valence-electron chi connectivity index (χ3n) is 6.60. The van der Waals surface area contributed by atoms with Gasteiger partial charge in [-0.3, -0.25) is 9.59 Å². The van der Waals surface area contributed by atoms with Gasteiger partial charge in [0.15, 0.2) is 0 Å². The van der Waals surface area contributed by atoms with E-state index in [9.17, 15) is 9.59 Å². The Kier molecular flexibility index (Phi) is 8.29. The molecule has 0 N–H and O–H groups in total. The topological polar surface area (TPSA) is 49.9 Å². The highest BCUT2D eigenvalue weighted by molar-refractivity contribution is 9.10. The van der Waals surface area contributed by atoms with E-state index in [1.165, 1.54) is 10.4 Å². The lowest BCUT2D eigenvalue weighted by atomic mass is 10.00. The molecule has 0 radical (unpaired) electrons. The molecule has 0 fully saturated rings. The minimum absolute atomic E-state index is 0.0425. The second kappa shape index (κ2) is 11.4. The van der Waals surface area contributed by atoms with Crippen molar-refractivity contribution in [3.05, 3.63) is 86.0 Å². The number of carbonyl (C=O) groups excluding carboxylic acids is 2. The summed E-state index contributed by atoms with van der Waals surface area (Å²) in [6.07, 6.45) is 1.59. The van der Waals surface area contributed by atoms with Crippen LogP contribution in [0, 0.1) is 6.92 Å². The maximum Gasteiger partial charge on any atom is 0.254 e. The minimum atomic E-state index is -0.182. The molecule has 1 aromatic heterocycles. The Morgan fingerprint density at radius 1 is 1.20 bits per heavy atom. The molecule has 0 spiro atoms. The lowest BCUT2D eigenvalue weighted by Gasteiger charge is -2.38. The van der Waals surface area contributed by atoms with Gasteiger partial charge < -0.3 is 14.5 Å². The van der Waals surface area contributed by atoms with Crippen LogP contribution < -0.4 is 4.74 Å². The number of rotatable bonds is 8. The van der Waals surface area contributed by atoms with Crippen molar-refractivity contribution in [2.45, 2.75) is 45.7 Å². The Labute approximate surface area is 219 Å². The van der Waals surface area contributed by atoms with Crippen molar-refractivity contribution in [1.29, 1.82) is 0 Å². The summed E-state index contributed by atoms with van der Waals surface area (Å²) in [6, 6.07) is 17.1. The molecule has 2 amide bonds. The fourth-order valence-corrected chi connectivity index (χ4v) is 5.68. The Morgan fingerprint density at radius 2 is 1.97 bits per heavy atom. The van der Waals surface area contributed by atoms with E-state index in [1.807, 2.05) is 62.1 Å². The molecular weight excluding hydrogens is 524 g/mol. The van der Waals surface area contributed by atoms with Crippen LogP contribution in [0.15, 0.2) is 64.5 Å². The first-order valence-corrected chi connectivity index (χ1v) is 13.7. The number of nitrogens with zero attached hydrogens (tertiary/aromatic N) is 2. The summed E-state index contributed by atoms with van der Waals surface area (Å²) in [5.74, 6) is 0.606. The van der Waals surface area contributed by atoms with Crippen molar-refractivity contribution in [3.63, 3.8) is 0 Å². The van der Waals surface area contributed by atoms with Gasteiger partial charge in [0.25, 0.3) is 5.91 Å². The predicted octanol–water partition coefficient (Wildman–Crippen LogP) is 6.26. The highest BCUT2D eigenvalue weighted by Crippen LogP contribution is 2.34. The van der Waals surface area contributed by atoms with E-state index < -0.39 is 0 Å². The lowest BCUT2D eigenvalue weighted by Crippen LogP contribution is -2.49. The van der Waals surface area contributed by atoms with Crippen LogP contribution >= 0.6 is 27.3 Å². The summed E-state index contributed by atoms with van der Waals surface area (Å²) in [5.41, 5.74) is 2.90. The molecule has 35 heavy (non-hydrogen) atoms. The van der Waals surface area contributed by atoms with Crippen LogP contribution in [-0.4, -0.2) is 47.4 Å². The Hall–Kier alpha value is -2.64. The second-order valence-electron chi connectivity index (χ2n) is 8.98. The van der Waals surface area contributed by atoms with Gasteiger partial charge in [0.1, 0.15) is 18.9 Å². The van der Waals surface area contributed by atoms with Crippen molar-refractivity contribution in [3.8, 4) is 5.75 Å². The van der Waals surface area contributed by atoms with Gasteiger partial charge in [-0.2, -0.15) is 0 Å². The molecule has 1 aliphatic heterocycles. The van der Waals surface area contributed by atoms with Gasteiger partial charge in [-0.15, -0.1) is 11.3 Å². The Balaban J connectivity index is 1.54. The van der Waals surface area contributed by atoms with Crippen LogP contribution in [0.3, 0.4) is 0 Å². The SMILES string of the molecule is CC[C@@H](C)N(CC(=O)N1CCc2sccc2[C@@H]1COc1ccc(C)cc1)C(=O)c1cccc(Br)c1. The van der Waals surface area contributed by atoms with Crippen molar-refractivity contribution in [2.24, 2.45) is 0 Å². The van der Waals surface area contributed by atoms with Crippen LogP contribution in [-0.2, 0) is 11.2 Å². The molecule has 184 valence electrons. The van der Waals surface area contributed by atoms with E-state index in [0.29, 0.717) is 18.7 Å². The quantitative estimate of drug-likeness (QED) is 0.330. The van der Waals surface area contributed by atoms with Gasteiger partial charge in [0.2, 0.25) is 5.91 Å². The number of aryl methyl sites for hydroxylation is 1. The van der Waals surface area contributed by atoms with Crippen LogP contribution in [0.4, 0.5) is 0 Å². The van der Waals surface area contributed by atoms with E-state index in [4.69, 9.17) is 4.74 Å². The van der Waals surface area contributed by atoms with Gasteiger partial charge in [-0.05, 0) is 74.0 Å². The van der Waals surface area contributed by atoms with Gasteiger partial charge >= 0.3 is 0 Å². The average Bonchev–Trinajstić information content (AvgIpc) is 3.35. The molecule has 0 aliphatic carbocycles. The number of thiophene rings is 1. The maximum atomic E-state index is 13.7. The van der Waals surface area contributed by atoms with E-state index in [-0.39, 0.29) is 30.4 Å². The summed E-state index contributed by atoms with van der Waals surface area (Å²) in [4.78, 5) is 32.0. The number of hydrogen-bond donors (Lipinski definition) is 0. The van der Waals surface area contributed by atoms with Crippen LogP contribution in [0.25, 0.3) is 0 Å². The van der Waals surface area contributed by atoms with E-state index in [1.54, 1.807) is 28.4 Å². The molecule has 0 saturated heterocycles. The Bertz CT molecular complexity index is 1180. The molecule has 2 aromatic carbocycles. The summed E-state index contributed by atoms with van der Waals surface area (Å²) in [7, 11) is 0. The monoisotopic (exact) mass is 554 g/mol. The fraction of sp³-hybridized carbons (Fsp3) is 0.357. The van der Waals surface area contributed by atoms with Gasteiger partial charge in [0, 0.05) is 27.5 Å². The van der Waals surface area contributed by atoms with Crippen molar-refractivity contribution in [2.75, 3.05) is 19.7 Å². The summed E-state index contributed by atoms with van der Waals surface area (Å²) in [5, 5.41) is 2.08. The van der Waals surface area contributed by atoms with E-state index >= 15 is 0 Å². The molecular formula is C28H31BrN2O3S. The smallest absolute Gasteiger partial charge is 0.254 e. The average molecular weight is 556 g/mol. The highest BCUT2D eigenvalue weighted by atomic mass is 79.9. The third kappa shape index (κ3) is 5.96. The predicted molar refractivity (Wildman–Crippen MR) is 144 cm³/mol. The van der Waals surface area contributed by atoms with Crippen LogP contribution in [0.2, 0.25) is 0 Å². The first kappa shape index (κ1) is 25.5. The molecule has 0 unspecified atom stereocenters. The largest absolute Gasteiger partial charge is 0.491 e. The summed E-state index contributed by atoms with van der Waals surface area (Å²) in [6.45, 7) is 7.11. The van der Waals surface area contributed by atoms with Crippen LogP contribution in [0.1, 0.15) is 52.7 Å². The number of carbonyl (C=O) groups is 2. The first-order chi connectivity index (χ1) is 16.9. The molecule has 2 atom stereocenters. The summed E-state index contributed by atoms with van der Waals surface area (Å²) < 4.78 is 6.98. The molecule has 5 nitrogen and oxygen atoms in total. The number of halogens is 1. The lowest BCUT2D eigenvalue weighted by molar-refractivity contribution is -0.136. The second-order valence-corrected chi connectivity index (χ2v) is 10.9. The van der Waals surface area contributed by atoms with Gasteiger partial charge in [-0.25, -0.2) is 0 Å². The fourth-order valence-electron chi connectivity index (χ4n) is 4.36. The molecule has 0 saturated carbocycles. The van der Waals surface area contributed by atoms with E-state index in [0.717, 1.165) is 28.6 Å². The first-order valence-electron chi connectivity index (χ1n) is 12.0. The van der Waals surface area contributed by atoms with Gasteiger partial charge in [-0.1, -0.05) is 46.6 Å².